The van der Waals surface area contributed by atoms with Crippen molar-refractivity contribution < 1.29 is 4.79 Å². The van der Waals surface area contributed by atoms with E-state index in [9.17, 15) is 4.79 Å². The molecule has 0 bridgehead atoms. The van der Waals surface area contributed by atoms with Crippen LogP contribution in [0.2, 0.25) is 5.02 Å². The molecule has 0 aliphatic rings. The summed E-state index contributed by atoms with van der Waals surface area (Å²) in [6.07, 6.45) is 0.340. The van der Waals surface area contributed by atoms with Crippen LogP contribution in [0.3, 0.4) is 0 Å². The zero-order valence-electron chi connectivity index (χ0n) is 11.3. The zero-order valence-corrected chi connectivity index (χ0v) is 12.0. The summed E-state index contributed by atoms with van der Waals surface area (Å²) < 4.78 is 0. The third-order valence-corrected chi connectivity index (χ3v) is 3.04. The molecule has 2 aromatic rings. The van der Waals surface area contributed by atoms with E-state index in [1.165, 1.54) is 0 Å². The summed E-state index contributed by atoms with van der Waals surface area (Å²) in [5.74, 6) is -0.0848. The van der Waals surface area contributed by atoms with Crippen molar-refractivity contribution >= 4 is 28.9 Å². The Balaban J connectivity index is 1.77. The van der Waals surface area contributed by atoms with Crippen LogP contribution in [0.1, 0.15) is 12.0 Å². The lowest BCUT2D eigenvalue weighted by Gasteiger charge is -2.07. The molecule has 0 heterocycles. The molecular weight excluding hydrogens is 286 g/mol. The molecule has 2 N–H and O–H groups in total. The van der Waals surface area contributed by atoms with Gasteiger partial charge in [0.25, 0.3) is 0 Å². The Morgan fingerprint density at radius 3 is 2.57 bits per heavy atom. The van der Waals surface area contributed by atoms with E-state index in [2.05, 4.69) is 16.7 Å². The summed E-state index contributed by atoms with van der Waals surface area (Å²) in [5.41, 5.74) is 2.18. The van der Waals surface area contributed by atoms with Crippen molar-refractivity contribution in [2.45, 2.75) is 6.42 Å². The first kappa shape index (κ1) is 14.9. The summed E-state index contributed by atoms with van der Waals surface area (Å²) in [5, 5.41) is 15.2. The van der Waals surface area contributed by atoms with Gasteiger partial charge in [-0.3, -0.25) is 4.79 Å². The van der Waals surface area contributed by atoms with Crippen LogP contribution in [0.5, 0.6) is 0 Å². The van der Waals surface area contributed by atoms with Crippen molar-refractivity contribution in [2.24, 2.45) is 0 Å². The number of hydrogen-bond acceptors (Lipinski definition) is 3. The Labute approximate surface area is 128 Å². The number of halogens is 1. The minimum absolute atomic E-state index is 0.0848. The quantitative estimate of drug-likeness (QED) is 0.885. The highest BCUT2D eigenvalue weighted by Crippen LogP contribution is 2.15. The van der Waals surface area contributed by atoms with Crippen LogP contribution in [-0.2, 0) is 4.79 Å². The lowest BCUT2D eigenvalue weighted by atomic mass is 10.2. The minimum Gasteiger partial charge on any atom is -0.385 e. The average molecular weight is 300 g/mol. The van der Waals surface area contributed by atoms with Crippen LogP contribution in [-0.4, -0.2) is 12.5 Å². The average Bonchev–Trinajstić information content (AvgIpc) is 2.48. The van der Waals surface area contributed by atoms with E-state index in [-0.39, 0.29) is 5.91 Å². The molecule has 0 aliphatic carbocycles. The van der Waals surface area contributed by atoms with E-state index >= 15 is 0 Å². The Bertz CT molecular complexity index is 662. The maximum absolute atomic E-state index is 11.8. The van der Waals surface area contributed by atoms with Crippen LogP contribution in [0.15, 0.2) is 48.5 Å². The smallest absolute Gasteiger partial charge is 0.226 e. The van der Waals surface area contributed by atoms with Crippen molar-refractivity contribution in [3.05, 3.63) is 59.1 Å². The summed E-state index contributed by atoms with van der Waals surface area (Å²) in [6, 6.07) is 16.2. The number of nitriles is 1. The van der Waals surface area contributed by atoms with Gasteiger partial charge in [0.05, 0.1) is 11.6 Å². The number of hydrogen-bond donors (Lipinski definition) is 2. The molecule has 0 saturated carbocycles. The molecule has 21 heavy (non-hydrogen) atoms. The molecule has 0 radical (unpaired) electrons. The second-order valence-corrected chi connectivity index (χ2v) is 4.86. The van der Waals surface area contributed by atoms with Gasteiger partial charge in [0.1, 0.15) is 0 Å². The normalized spacial score (nSPS) is 9.71. The lowest BCUT2D eigenvalue weighted by Crippen LogP contribution is -2.16. The van der Waals surface area contributed by atoms with Crippen LogP contribution < -0.4 is 10.6 Å². The summed E-state index contributed by atoms with van der Waals surface area (Å²) in [7, 11) is 0. The predicted molar refractivity (Wildman–Crippen MR) is 84.3 cm³/mol. The third kappa shape index (κ3) is 4.83. The standard InChI is InChI=1S/C16H14ClN3O/c17-13-2-1-3-15(10-13)20-16(21)8-9-19-14-6-4-12(11-18)5-7-14/h1-7,10,19H,8-9H2,(H,20,21). The second kappa shape index (κ2) is 7.32. The molecule has 2 rings (SSSR count). The van der Waals surface area contributed by atoms with E-state index < -0.39 is 0 Å². The molecule has 2 aromatic carbocycles. The van der Waals surface area contributed by atoms with Crippen molar-refractivity contribution in [2.75, 3.05) is 17.2 Å². The van der Waals surface area contributed by atoms with E-state index in [4.69, 9.17) is 16.9 Å². The van der Waals surface area contributed by atoms with Crippen molar-refractivity contribution in [1.82, 2.24) is 0 Å². The van der Waals surface area contributed by atoms with Gasteiger partial charge in [-0.25, -0.2) is 0 Å². The number of nitrogens with one attached hydrogen (secondary N) is 2. The Kier molecular flexibility index (Phi) is 5.19. The Hall–Kier alpha value is -2.51. The van der Waals surface area contributed by atoms with Crippen LogP contribution in [0.4, 0.5) is 11.4 Å². The van der Waals surface area contributed by atoms with Crippen LogP contribution in [0.25, 0.3) is 0 Å². The van der Waals surface area contributed by atoms with Gasteiger partial charge < -0.3 is 10.6 Å². The van der Waals surface area contributed by atoms with E-state index in [1.54, 1.807) is 36.4 Å². The number of carbonyl (C=O) groups is 1. The molecule has 4 nitrogen and oxygen atoms in total. The first-order valence-electron chi connectivity index (χ1n) is 6.47. The third-order valence-electron chi connectivity index (χ3n) is 2.80. The summed E-state index contributed by atoms with van der Waals surface area (Å²) in [6.45, 7) is 0.512. The van der Waals surface area contributed by atoms with Crippen LogP contribution >= 0.6 is 11.6 Å². The fourth-order valence-electron chi connectivity index (χ4n) is 1.77. The Morgan fingerprint density at radius 1 is 1.14 bits per heavy atom. The van der Waals surface area contributed by atoms with Gasteiger partial charge in [0, 0.05) is 29.4 Å². The number of benzene rings is 2. The monoisotopic (exact) mass is 299 g/mol. The topological polar surface area (TPSA) is 64.9 Å². The highest BCUT2D eigenvalue weighted by atomic mass is 35.5. The van der Waals surface area contributed by atoms with Gasteiger partial charge >= 0.3 is 0 Å². The molecule has 0 aliphatic heterocycles. The fourth-order valence-corrected chi connectivity index (χ4v) is 1.96. The van der Waals surface area contributed by atoms with Crippen molar-refractivity contribution in [3.63, 3.8) is 0 Å². The molecule has 0 fully saturated rings. The molecular formula is C16H14ClN3O. The maximum Gasteiger partial charge on any atom is 0.226 e. The number of amides is 1. The number of carbonyl (C=O) groups excluding carboxylic acids is 1. The maximum atomic E-state index is 11.8. The molecule has 106 valence electrons. The minimum atomic E-state index is -0.0848. The fraction of sp³-hybridized carbons (Fsp3) is 0.125. The number of rotatable bonds is 5. The summed E-state index contributed by atoms with van der Waals surface area (Å²) in [4.78, 5) is 11.8. The lowest BCUT2D eigenvalue weighted by molar-refractivity contribution is -0.115. The first-order chi connectivity index (χ1) is 10.2. The van der Waals surface area contributed by atoms with Gasteiger partial charge in [-0.1, -0.05) is 17.7 Å². The van der Waals surface area contributed by atoms with Gasteiger partial charge in [0.2, 0.25) is 5.91 Å². The van der Waals surface area contributed by atoms with Crippen molar-refractivity contribution in [3.8, 4) is 6.07 Å². The van der Waals surface area contributed by atoms with Gasteiger partial charge in [-0.15, -0.1) is 0 Å². The van der Waals surface area contributed by atoms with Crippen LogP contribution in [0, 0.1) is 11.3 Å². The van der Waals surface area contributed by atoms with E-state index in [0.29, 0.717) is 29.2 Å². The molecule has 0 unspecified atom stereocenters. The van der Waals surface area contributed by atoms with Crippen molar-refractivity contribution in [1.29, 1.82) is 5.26 Å². The molecule has 0 saturated heterocycles. The van der Waals surface area contributed by atoms with Gasteiger partial charge in [-0.2, -0.15) is 5.26 Å². The number of nitrogens with zero attached hydrogens (tertiary/aromatic N) is 1. The Morgan fingerprint density at radius 2 is 1.90 bits per heavy atom. The molecule has 5 heteroatoms. The molecule has 0 aromatic heterocycles. The molecule has 0 atom stereocenters. The summed E-state index contributed by atoms with van der Waals surface area (Å²) >= 11 is 5.85. The molecule has 1 amide bonds. The molecule has 0 spiro atoms. The predicted octanol–water partition coefficient (Wildman–Crippen LogP) is 3.65. The van der Waals surface area contributed by atoms with E-state index in [0.717, 1.165) is 5.69 Å². The number of anilines is 2. The highest BCUT2D eigenvalue weighted by molar-refractivity contribution is 6.30. The van der Waals surface area contributed by atoms with Gasteiger partial charge in [0.15, 0.2) is 0 Å². The highest BCUT2D eigenvalue weighted by Gasteiger charge is 2.02. The van der Waals surface area contributed by atoms with E-state index in [1.807, 2.05) is 12.1 Å². The first-order valence-corrected chi connectivity index (χ1v) is 6.84. The second-order valence-electron chi connectivity index (χ2n) is 4.42. The largest absolute Gasteiger partial charge is 0.385 e. The SMILES string of the molecule is N#Cc1ccc(NCCC(=O)Nc2cccc(Cl)c2)cc1. The zero-order chi connectivity index (χ0) is 15.1. The van der Waals surface area contributed by atoms with Gasteiger partial charge in [-0.05, 0) is 42.5 Å².